The summed E-state index contributed by atoms with van der Waals surface area (Å²) >= 11 is 0. The van der Waals surface area contributed by atoms with Crippen LogP contribution in [0.2, 0.25) is 0 Å². The first-order valence-corrected chi connectivity index (χ1v) is 7.73. The maximum atomic E-state index is 13.0. The number of carbonyl (C=O) groups excluding carboxylic acids is 1. The Balaban J connectivity index is 1.65. The highest BCUT2D eigenvalue weighted by Crippen LogP contribution is 2.31. The SMILES string of the molecule is C[C@H]1CN(C(=O)c2cn(-c3ccc(F)cc3)nn2)c2cccnc2O1. The molecule has 0 saturated heterocycles. The van der Waals surface area contributed by atoms with Crippen molar-refractivity contribution >= 4 is 11.6 Å². The van der Waals surface area contributed by atoms with Crippen molar-refractivity contribution in [1.82, 2.24) is 20.0 Å². The number of aromatic nitrogens is 4. The third-order valence-electron chi connectivity index (χ3n) is 3.84. The molecule has 8 heteroatoms. The molecule has 1 aliphatic rings. The van der Waals surface area contributed by atoms with Crippen molar-refractivity contribution in [2.75, 3.05) is 11.4 Å². The van der Waals surface area contributed by atoms with E-state index in [1.165, 1.54) is 23.0 Å². The average molecular weight is 339 g/mol. The first kappa shape index (κ1) is 15.3. The van der Waals surface area contributed by atoms with Crippen LogP contribution in [0.5, 0.6) is 5.88 Å². The van der Waals surface area contributed by atoms with Crippen molar-refractivity contribution in [3.8, 4) is 11.6 Å². The van der Waals surface area contributed by atoms with Crippen LogP contribution in [-0.4, -0.2) is 38.5 Å². The van der Waals surface area contributed by atoms with Crippen molar-refractivity contribution in [3.63, 3.8) is 0 Å². The molecule has 4 rings (SSSR count). The number of pyridine rings is 1. The molecule has 0 aliphatic carbocycles. The fourth-order valence-corrected chi connectivity index (χ4v) is 2.67. The summed E-state index contributed by atoms with van der Waals surface area (Å²) in [6.45, 7) is 2.26. The zero-order valence-corrected chi connectivity index (χ0v) is 13.3. The molecule has 0 radical (unpaired) electrons. The number of nitrogens with zero attached hydrogens (tertiary/aromatic N) is 5. The Morgan fingerprint density at radius 2 is 2.08 bits per heavy atom. The van der Waals surface area contributed by atoms with Crippen LogP contribution in [0.1, 0.15) is 17.4 Å². The third-order valence-corrected chi connectivity index (χ3v) is 3.84. The van der Waals surface area contributed by atoms with Gasteiger partial charge in [-0.15, -0.1) is 5.10 Å². The van der Waals surface area contributed by atoms with Crippen LogP contribution < -0.4 is 9.64 Å². The van der Waals surface area contributed by atoms with E-state index in [1.807, 2.05) is 6.92 Å². The average Bonchev–Trinajstić information content (AvgIpc) is 3.11. The smallest absolute Gasteiger partial charge is 0.280 e. The van der Waals surface area contributed by atoms with E-state index in [2.05, 4.69) is 15.3 Å². The Morgan fingerprint density at radius 1 is 1.28 bits per heavy atom. The molecule has 0 fully saturated rings. The predicted molar refractivity (Wildman–Crippen MR) is 87.3 cm³/mol. The molecule has 2 aromatic heterocycles. The summed E-state index contributed by atoms with van der Waals surface area (Å²) < 4.78 is 20.1. The van der Waals surface area contributed by atoms with E-state index in [0.717, 1.165) is 0 Å². The van der Waals surface area contributed by atoms with Crippen molar-refractivity contribution in [1.29, 1.82) is 0 Å². The van der Waals surface area contributed by atoms with Gasteiger partial charge >= 0.3 is 0 Å². The number of benzene rings is 1. The predicted octanol–water partition coefficient (Wildman–Crippen LogP) is 2.23. The topological polar surface area (TPSA) is 73.1 Å². The van der Waals surface area contributed by atoms with Crippen molar-refractivity contribution < 1.29 is 13.9 Å². The quantitative estimate of drug-likeness (QED) is 0.716. The summed E-state index contributed by atoms with van der Waals surface area (Å²) in [7, 11) is 0. The minimum atomic E-state index is -0.341. The van der Waals surface area contributed by atoms with Gasteiger partial charge in [0.25, 0.3) is 5.91 Å². The van der Waals surface area contributed by atoms with Gasteiger partial charge in [-0.1, -0.05) is 5.21 Å². The Hall–Kier alpha value is -3.29. The Kier molecular flexibility index (Phi) is 3.64. The maximum absolute atomic E-state index is 13.0. The first-order chi connectivity index (χ1) is 12.1. The number of carbonyl (C=O) groups is 1. The largest absolute Gasteiger partial charge is 0.471 e. The van der Waals surface area contributed by atoms with E-state index in [4.69, 9.17) is 4.74 Å². The summed E-state index contributed by atoms with van der Waals surface area (Å²) in [6.07, 6.45) is 2.95. The first-order valence-electron chi connectivity index (χ1n) is 7.73. The number of hydrogen-bond acceptors (Lipinski definition) is 5. The Bertz CT molecular complexity index is 925. The summed E-state index contributed by atoms with van der Waals surface area (Å²) in [5, 5.41) is 7.91. The second kappa shape index (κ2) is 5.97. The van der Waals surface area contributed by atoms with Gasteiger partial charge in [0.2, 0.25) is 5.88 Å². The molecule has 1 aromatic carbocycles. The van der Waals surface area contributed by atoms with Crippen molar-refractivity contribution in [3.05, 3.63) is 60.3 Å². The second-order valence-corrected chi connectivity index (χ2v) is 5.70. The molecular formula is C17H14FN5O2. The van der Waals surface area contributed by atoms with Crippen LogP contribution in [0.25, 0.3) is 5.69 Å². The number of rotatable bonds is 2. The summed E-state index contributed by atoms with van der Waals surface area (Å²) in [5.74, 6) is -0.218. The van der Waals surface area contributed by atoms with Gasteiger partial charge < -0.3 is 4.74 Å². The van der Waals surface area contributed by atoms with Crippen LogP contribution in [0.15, 0.2) is 48.8 Å². The van der Waals surface area contributed by atoms with Gasteiger partial charge in [-0.2, -0.15) is 0 Å². The van der Waals surface area contributed by atoms with Gasteiger partial charge in [-0.3, -0.25) is 9.69 Å². The standard InChI is InChI=1S/C17H14FN5O2/c1-11-9-22(15-3-2-8-19-16(15)25-11)17(24)14-10-23(21-20-14)13-6-4-12(18)5-7-13/h2-8,10-11H,9H2,1H3/t11-/m0/s1. The normalized spacial score (nSPS) is 16.2. The number of ether oxygens (including phenoxy) is 1. The summed E-state index contributed by atoms with van der Waals surface area (Å²) in [5.41, 5.74) is 1.40. The zero-order chi connectivity index (χ0) is 17.4. The van der Waals surface area contributed by atoms with E-state index in [0.29, 0.717) is 23.8 Å². The lowest BCUT2D eigenvalue weighted by Gasteiger charge is -2.31. The molecule has 1 aliphatic heterocycles. The minimum Gasteiger partial charge on any atom is -0.471 e. The third kappa shape index (κ3) is 2.82. The molecule has 0 unspecified atom stereocenters. The molecule has 3 heterocycles. The maximum Gasteiger partial charge on any atom is 0.280 e. The van der Waals surface area contributed by atoms with Crippen LogP contribution in [0.4, 0.5) is 10.1 Å². The molecule has 1 atom stereocenters. The van der Waals surface area contributed by atoms with Gasteiger partial charge in [0, 0.05) is 6.20 Å². The molecule has 0 spiro atoms. The van der Waals surface area contributed by atoms with E-state index in [-0.39, 0.29) is 23.5 Å². The number of fused-ring (bicyclic) bond motifs is 1. The molecule has 1 amide bonds. The van der Waals surface area contributed by atoms with E-state index < -0.39 is 0 Å². The van der Waals surface area contributed by atoms with Crippen LogP contribution >= 0.6 is 0 Å². The highest BCUT2D eigenvalue weighted by atomic mass is 19.1. The number of halogens is 1. The van der Waals surface area contributed by atoms with Gasteiger partial charge in [-0.25, -0.2) is 14.1 Å². The fourth-order valence-electron chi connectivity index (χ4n) is 2.67. The number of hydrogen-bond donors (Lipinski definition) is 0. The lowest BCUT2D eigenvalue weighted by atomic mass is 10.2. The van der Waals surface area contributed by atoms with Crippen molar-refractivity contribution in [2.45, 2.75) is 13.0 Å². The number of anilines is 1. The van der Waals surface area contributed by atoms with Gasteiger partial charge in [0.15, 0.2) is 5.69 Å². The molecule has 3 aromatic rings. The molecule has 0 bridgehead atoms. The van der Waals surface area contributed by atoms with Gasteiger partial charge in [-0.05, 0) is 43.3 Å². The fraction of sp³-hybridized carbons (Fsp3) is 0.176. The summed E-state index contributed by atoms with van der Waals surface area (Å²) in [6, 6.07) is 9.29. The Labute approximate surface area is 142 Å². The highest BCUT2D eigenvalue weighted by Gasteiger charge is 2.30. The number of amides is 1. The lowest BCUT2D eigenvalue weighted by molar-refractivity contribution is 0.0954. The zero-order valence-electron chi connectivity index (χ0n) is 13.3. The van der Waals surface area contributed by atoms with Gasteiger partial charge in [0.1, 0.15) is 17.6 Å². The van der Waals surface area contributed by atoms with Crippen LogP contribution in [0, 0.1) is 5.82 Å². The second-order valence-electron chi connectivity index (χ2n) is 5.70. The molecular weight excluding hydrogens is 325 g/mol. The lowest BCUT2D eigenvalue weighted by Crippen LogP contribution is -2.42. The van der Waals surface area contributed by atoms with Crippen molar-refractivity contribution in [2.24, 2.45) is 0 Å². The highest BCUT2D eigenvalue weighted by molar-refractivity contribution is 6.05. The minimum absolute atomic E-state index is 0.182. The monoisotopic (exact) mass is 339 g/mol. The van der Waals surface area contributed by atoms with Gasteiger partial charge in [0.05, 0.1) is 18.4 Å². The van der Waals surface area contributed by atoms with E-state index in [9.17, 15) is 9.18 Å². The molecule has 25 heavy (non-hydrogen) atoms. The van der Waals surface area contributed by atoms with E-state index >= 15 is 0 Å². The molecule has 126 valence electrons. The Morgan fingerprint density at radius 3 is 2.88 bits per heavy atom. The molecule has 0 N–H and O–H groups in total. The van der Waals surface area contributed by atoms with Crippen LogP contribution in [-0.2, 0) is 0 Å². The summed E-state index contributed by atoms with van der Waals surface area (Å²) in [4.78, 5) is 18.6. The van der Waals surface area contributed by atoms with Crippen LogP contribution in [0.3, 0.4) is 0 Å². The molecule has 0 saturated carbocycles. The molecule has 7 nitrogen and oxygen atoms in total. The van der Waals surface area contributed by atoms with E-state index in [1.54, 1.807) is 35.4 Å².